The van der Waals surface area contributed by atoms with Crippen LogP contribution in [0.3, 0.4) is 0 Å². The molecule has 17 nitrogen and oxygen atoms in total. The Morgan fingerprint density at radius 1 is 0.609 bits per heavy atom. The minimum atomic E-state index is -0.814. The summed E-state index contributed by atoms with van der Waals surface area (Å²) in [6.45, 7) is 20.2. The molecule has 2 unspecified atom stereocenters. The highest BCUT2D eigenvalue weighted by Gasteiger charge is 2.41. The van der Waals surface area contributed by atoms with Crippen molar-refractivity contribution in [1.82, 2.24) is 48.7 Å². The Morgan fingerprint density at radius 2 is 1.17 bits per heavy atom. The number of ether oxygens (including phenoxy) is 1. The summed E-state index contributed by atoms with van der Waals surface area (Å²) < 4.78 is 10.1. The van der Waals surface area contributed by atoms with E-state index < -0.39 is 12.1 Å². The SMILES string of the molecule is CC.CC.CC(=O)C(c1ncn2c1CCC2)N1COc2ccc(-c3ccc(N4CCN(C)CC4)cc3)cc2C1=O.CN1CCC(c2ccc(-c3ccc4c(c3)C(=O)N(C(C(=O)Nc3nccs3)c3ncn5c3CCC5)CC4)cc2)CC1.Cc1nccs1.[HH]. The molecule has 4 aromatic carbocycles. The van der Waals surface area contributed by atoms with Gasteiger partial charge in [0, 0.05) is 93.0 Å². The molecule has 19 heteroatoms. The van der Waals surface area contributed by atoms with Crippen molar-refractivity contribution in [3.8, 4) is 28.0 Å². The zero-order chi connectivity index (χ0) is 61.1. The number of thiazole rings is 2. The molecule has 3 amide bonds. The number of likely N-dealkylation sites (N-methyl/N-ethyl adjacent to an activating group) is 1. The molecule has 10 heterocycles. The van der Waals surface area contributed by atoms with Gasteiger partial charge < -0.3 is 33.5 Å². The third kappa shape index (κ3) is 14.0. The molecule has 0 spiro atoms. The number of benzene rings is 4. The molecule has 2 saturated heterocycles. The maximum atomic E-state index is 14.1. The molecule has 458 valence electrons. The van der Waals surface area contributed by atoms with Crippen molar-refractivity contribution in [2.75, 3.05) is 76.9 Å². The first-order valence-electron chi connectivity index (χ1n) is 30.9. The van der Waals surface area contributed by atoms with Crippen molar-refractivity contribution in [2.24, 2.45) is 0 Å². The van der Waals surface area contributed by atoms with Gasteiger partial charge in [0.15, 0.2) is 23.7 Å². The van der Waals surface area contributed by atoms with Gasteiger partial charge in [-0.25, -0.2) is 15.0 Å². The average molecular weight is 1210 g/mol. The number of anilines is 2. The van der Waals surface area contributed by atoms with Crippen molar-refractivity contribution < 1.29 is 25.3 Å². The first kappa shape index (κ1) is 62.2. The normalized spacial score (nSPS) is 17.0. The van der Waals surface area contributed by atoms with E-state index in [0.717, 1.165) is 122 Å². The van der Waals surface area contributed by atoms with Crippen molar-refractivity contribution in [1.29, 1.82) is 0 Å². The van der Waals surface area contributed by atoms with Crippen molar-refractivity contribution >= 4 is 57.0 Å². The first-order chi connectivity index (χ1) is 42.4. The smallest absolute Gasteiger partial charge is 0.261 e. The lowest BCUT2D eigenvalue weighted by atomic mass is 9.88. The highest BCUT2D eigenvalue weighted by molar-refractivity contribution is 7.13. The lowest BCUT2D eigenvalue weighted by molar-refractivity contribution is -0.123. The van der Waals surface area contributed by atoms with Crippen LogP contribution in [0.5, 0.6) is 5.75 Å². The maximum absolute atomic E-state index is 14.1. The van der Waals surface area contributed by atoms with E-state index in [0.29, 0.717) is 52.3 Å². The number of amides is 3. The van der Waals surface area contributed by atoms with Crippen molar-refractivity contribution in [3.63, 3.8) is 0 Å². The summed E-state index contributed by atoms with van der Waals surface area (Å²) in [5.74, 6) is 0.439. The molecule has 6 aliphatic rings. The van der Waals surface area contributed by atoms with Crippen LogP contribution < -0.4 is 15.0 Å². The van der Waals surface area contributed by atoms with Gasteiger partial charge in [0.25, 0.3) is 17.7 Å². The van der Waals surface area contributed by atoms with Gasteiger partial charge in [-0.1, -0.05) is 82.3 Å². The molecule has 1 N–H and O–H groups in total. The minimum Gasteiger partial charge on any atom is -0.472 e. The van der Waals surface area contributed by atoms with Crippen LogP contribution in [0, 0.1) is 6.92 Å². The van der Waals surface area contributed by atoms with Crippen LogP contribution in [0.25, 0.3) is 22.3 Å². The first-order valence-corrected chi connectivity index (χ1v) is 32.7. The van der Waals surface area contributed by atoms with E-state index in [1.165, 1.54) is 47.3 Å². The molecule has 0 radical (unpaired) electrons. The molecule has 2 atom stereocenters. The van der Waals surface area contributed by atoms with Crippen molar-refractivity contribution in [2.45, 2.75) is 118 Å². The van der Waals surface area contributed by atoms with E-state index in [-0.39, 0.29) is 31.7 Å². The van der Waals surface area contributed by atoms with E-state index in [2.05, 4.69) is 124 Å². The molecule has 8 aromatic rings. The van der Waals surface area contributed by atoms with Crippen LogP contribution in [0.2, 0.25) is 0 Å². The molecular formula is C68H84N12O5S2. The largest absolute Gasteiger partial charge is 0.472 e. The number of piperazine rings is 1. The Bertz CT molecular complexity index is 3610. The van der Waals surface area contributed by atoms with Crippen LogP contribution in [-0.2, 0) is 41.9 Å². The fraction of sp³-hybridized carbons (Fsp3) is 0.412. The number of carbonyl (C=O) groups excluding carboxylic acids is 4. The number of fused-ring (bicyclic) bond motifs is 4. The number of nitrogens with one attached hydrogen (secondary N) is 1. The second-order valence-corrected chi connectivity index (χ2v) is 24.5. The third-order valence-corrected chi connectivity index (χ3v) is 18.5. The van der Waals surface area contributed by atoms with E-state index in [1.54, 1.807) is 41.3 Å². The Hall–Kier alpha value is -7.84. The summed E-state index contributed by atoms with van der Waals surface area (Å²) in [6, 6.07) is 27.7. The Balaban J connectivity index is 0.000000181. The number of hydrogen-bond acceptors (Lipinski definition) is 14. The third-order valence-electron chi connectivity index (χ3n) is 17.1. The van der Waals surface area contributed by atoms with Gasteiger partial charge in [0.2, 0.25) is 0 Å². The van der Waals surface area contributed by atoms with Gasteiger partial charge >= 0.3 is 0 Å². The number of piperidine rings is 1. The Morgan fingerprint density at radius 3 is 1.76 bits per heavy atom. The molecule has 2 fully saturated rings. The Labute approximate surface area is 521 Å². The number of carbonyl (C=O) groups is 4. The predicted molar refractivity (Wildman–Crippen MR) is 349 cm³/mol. The number of rotatable bonds is 11. The lowest BCUT2D eigenvalue weighted by Crippen LogP contribution is -2.45. The van der Waals surface area contributed by atoms with E-state index in [4.69, 9.17) is 4.74 Å². The molecule has 87 heavy (non-hydrogen) atoms. The van der Waals surface area contributed by atoms with Gasteiger partial charge in [-0.05, 0) is 156 Å². The average Bonchev–Trinajstić information content (AvgIpc) is 1.64. The molecule has 0 aliphatic carbocycles. The van der Waals surface area contributed by atoms with Crippen LogP contribution in [0.1, 0.15) is 139 Å². The van der Waals surface area contributed by atoms with Gasteiger partial charge in [0.1, 0.15) is 11.8 Å². The number of nitrogens with zero attached hydrogens (tertiary/aromatic N) is 11. The fourth-order valence-corrected chi connectivity index (χ4v) is 13.4. The number of likely N-dealkylation sites (tertiary alicyclic amines) is 1. The number of hydrogen-bond donors (Lipinski definition) is 1. The maximum Gasteiger partial charge on any atom is 0.261 e. The topological polar surface area (TPSA) is 167 Å². The minimum absolute atomic E-state index is 0. The van der Waals surface area contributed by atoms with E-state index >= 15 is 0 Å². The number of imidazole rings is 2. The number of ketones is 1. The van der Waals surface area contributed by atoms with Gasteiger partial charge in [-0.15, -0.1) is 22.7 Å². The Kier molecular flexibility index (Phi) is 20.6. The fourth-order valence-electron chi connectivity index (χ4n) is 12.5. The number of aryl methyl sites for hydroxylation is 3. The zero-order valence-corrected chi connectivity index (χ0v) is 53.2. The zero-order valence-electron chi connectivity index (χ0n) is 51.6. The molecular weight excluding hydrogens is 1130 g/mol. The molecule has 14 rings (SSSR count). The summed E-state index contributed by atoms with van der Waals surface area (Å²) in [7, 11) is 4.35. The number of Topliss-reactive ketones (excluding diaryl/α,β-unsaturated/α-hetero) is 1. The molecule has 4 aromatic heterocycles. The predicted octanol–water partition coefficient (Wildman–Crippen LogP) is 12.3. The molecule has 0 saturated carbocycles. The summed E-state index contributed by atoms with van der Waals surface area (Å²) in [5.41, 5.74) is 12.3. The highest BCUT2D eigenvalue weighted by Crippen LogP contribution is 2.38. The van der Waals surface area contributed by atoms with E-state index in [9.17, 15) is 19.2 Å². The van der Waals surface area contributed by atoms with E-state index in [1.807, 2.05) is 69.6 Å². The van der Waals surface area contributed by atoms with Crippen LogP contribution in [0.15, 0.2) is 121 Å². The molecule has 6 aliphatic heterocycles. The van der Waals surface area contributed by atoms with Gasteiger partial charge in [0.05, 0.1) is 34.6 Å². The summed E-state index contributed by atoms with van der Waals surface area (Å²) in [4.78, 5) is 82.0. The van der Waals surface area contributed by atoms with Crippen LogP contribution >= 0.6 is 22.7 Å². The van der Waals surface area contributed by atoms with Gasteiger partial charge in [-0.2, -0.15) is 0 Å². The summed E-state index contributed by atoms with van der Waals surface area (Å²) in [5, 5.41) is 8.38. The highest BCUT2D eigenvalue weighted by atomic mass is 32.1. The molecule has 0 bridgehead atoms. The second kappa shape index (κ2) is 28.8. The van der Waals surface area contributed by atoms with Gasteiger partial charge in [-0.3, -0.25) is 34.4 Å². The lowest BCUT2D eigenvalue weighted by Gasteiger charge is -2.34. The second-order valence-electron chi connectivity index (χ2n) is 22.5. The number of aromatic nitrogens is 6. The quantitative estimate of drug-likeness (QED) is 0.130. The summed E-state index contributed by atoms with van der Waals surface area (Å²) >= 11 is 3.03. The monoisotopic (exact) mass is 1210 g/mol. The standard InChI is InChI=1S/C32H34N6O2S.C28H31N5O3.C4H5NS.2C2H6.H2/c1-36-15-10-23(11-16-36)21-4-6-22(7-5-21)25-9-8-24-12-17-38(31(40)26(24)19-25)29(30(39)35-32-33-13-18-41-32)28-27-3-2-14-37(27)20-34-28;1-19(34)27(26-24-4-3-11-32(24)17-29-26)33-18-36-25-10-7-21(16-23(25)28(33)35)20-5-8-22(9-6-20)31-14-12-30(2)13-15-31;1-4-5-2-3-6-4;2*1-2;/h4-9,13,18-20,23,29H,2-3,10-12,14-17H2,1H3,(H,33,35,39);5-10,16-17,27H,3-4,11-15,18H2,1-2H3;2-3H,1H3;2*1-2H3;1H. The van der Waals surface area contributed by atoms with Crippen LogP contribution in [-0.4, -0.2) is 139 Å². The van der Waals surface area contributed by atoms with Crippen LogP contribution in [0.4, 0.5) is 10.8 Å². The summed E-state index contributed by atoms with van der Waals surface area (Å²) in [6.07, 6.45) is 13.9. The van der Waals surface area contributed by atoms with Crippen molar-refractivity contribution in [3.05, 3.63) is 171 Å².